The lowest BCUT2D eigenvalue weighted by Gasteiger charge is -2.15. The van der Waals surface area contributed by atoms with E-state index in [0.717, 1.165) is 25.9 Å². The summed E-state index contributed by atoms with van der Waals surface area (Å²) in [7, 11) is 0. The summed E-state index contributed by atoms with van der Waals surface area (Å²) in [6.07, 6.45) is 3.78. The summed E-state index contributed by atoms with van der Waals surface area (Å²) in [5, 5.41) is 3.06. The van der Waals surface area contributed by atoms with Crippen molar-refractivity contribution in [1.82, 2.24) is 15.2 Å². The number of pyridine rings is 1. The normalized spacial score (nSPS) is 14.4. The molecule has 5 nitrogen and oxygen atoms in total. The van der Waals surface area contributed by atoms with E-state index < -0.39 is 0 Å². The Hall–Kier alpha value is -1.33. The van der Waals surface area contributed by atoms with Crippen molar-refractivity contribution in [1.29, 1.82) is 0 Å². The highest BCUT2D eigenvalue weighted by Crippen LogP contribution is 2.19. The van der Waals surface area contributed by atoms with Gasteiger partial charge in [-0.2, -0.15) is 0 Å². The fourth-order valence-corrected chi connectivity index (χ4v) is 2.32. The van der Waals surface area contributed by atoms with Gasteiger partial charge in [0.2, 0.25) is 5.91 Å². The van der Waals surface area contributed by atoms with Gasteiger partial charge in [-0.3, -0.25) is 9.59 Å². The van der Waals surface area contributed by atoms with E-state index in [0.29, 0.717) is 18.5 Å². The van der Waals surface area contributed by atoms with Crippen molar-refractivity contribution in [3.63, 3.8) is 0 Å². The van der Waals surface area contributed by atoms with Crippen LogP contribution in [0.25, 0.3) is 0 Å². The van der Waals surface area contributed by atoms with E-state index in [1.165, 1.54) is 12.3 Å². The third-order valence-corrected chi connectivity index (χ3v) is 3.83. The van der Waals surface area contributed by atoms with E-state index >= 15 is 0 Å². The van der Waals surface area contributed by atoms with Crippen LogP contribution in [0.5, 0.6) is 0 Å². The first kappa shape index (κ1) is 15.1. The van der Waals surface area contributed by atoms with Gasteiger partial charge in [0.1, 0.15) is 5.15 Å². The molecule has 1 aliphatic rings. The predicted molar refractivity (Wildman–Crippen MR) is 77.0 cm³/mol. The van der Waals surface area contributed by atoms with Crippen LogP contribution in [0.4, 0.5) is 0 Å². The van der Waals surface area contributed by atoms with Crippen LogP contribution in [0, 0.1) is 0 Å². The van der Waals surface area contributed by atoms with Gasteiger partial charge in [-0.05, 0) is 18.9 Å². The number of hydrogen-bond donors (Lipinski definition) is 1. The standard InChI is InChI=1S/C13H15Cl2N3O2/c14-10-7-9(8-17-12(10)15)13(20)16-4-3-11(19)18-5-1-2-6-18/h7-8H,1-6H2,(H,16,20). The van der Waals surface area contributed by atoms with Gasteiger partial charge in [0.25, 0.3) is 5.91 Å². The van der Waals surface area contributed by atoms with Crippen molar-refractivity contribution >= 4 is 35.0 Å². The van der Waals surface area contributed by atoms with Crippen LogP contribution in [0.2, 0.25) is 10.2 Å². The van der Waals surface area contributed by atoms with Crippen LogP contribution in [-0.4, -0.2) is 41.3 Å². The number of rotatable bonds is 4. The second-order valence-corrected chi connectivity index (χ2v) is 5.36. The Morgan fingerprint density at radius 2 is 2.00 bits per heavy atom. The highest BCUT2D eigenvalue weighted by Gasteiger charge is 2.17. The van der Waals surface area contributed by atoms with Gasteiger partial charge >= 0.3 is 0 Å². The molecule has 0 aliphatic carbocycles. The molecule has 1 N–H and O–H groups in total. The third kappa shape index (κ3) is 3.84. The fraction of sp³-hybridized carbons (Fsp3) is 0.462. The molecule has 1 aromatic heterocycles. The number of carbonyl (C=O) groups is 2. The van der Waals surface area contributed by atoms with Crippen LogP contribution in [-0.2, 0) is 4.79 Å². The lowest BCUT2D eigenvalue weighted by molar-refractivity contribution is -0.129. The van der Waals surface area contributed by atoms with Crippen LogP contribution in [0.15, 0.2) is 12.3 Å². The molecule has 0 radical (unpaired) electrons. The number of amides is 2. The van der Waals surface area contributed by atoms with Crippen molar-refractivity contribution in [3.05, 3.63) is 28.0 Å². The first-order valence-electron chi connectivity index (χ1n) is 6.45. The molecule has 1 aliphatic heterocycles. The molecule has 0 spiro atoms. The topological polar surface area (TPSA) is 62.3 Å². The molecule has 2 amide bonds. The van der Waals surface area contributed by atoms with E-state index in [4.69, 9.17) is 23.2 Å². The van der Waals surface area contributed by atoms with Crippen molar-refractivity contribution in [2.75, 3.05) is 19.6 Å². The van der Waals surface area contributed by atoms with Crippen molar-refractivity contribution < 1.29 is 9.59 Å². The SMILES string of the molecule is O=C(NCCC(=O)N1CCCC1)c1cnc(Cl)c(Cl)c1. The maximum atomic E-state index is 11.8. The van der Waals surface area contributed by atoms with E-state index in [1.807, 2.05) is 4.90 Å². The zero-order valence-electron chi connectivity index (χ0n) is 10.9. The fourth-order valence-electron chi connectivity index (χ4n) is 2.06. The maximum Gasteiger partial charge on any atom is 0.252 e. The molecule has 1 saturated heterocycles. The van der Waals surface area contributed by atoms with E-state index in [1.54, 1.807) is 0 Å². The Morgan fingerprint density at radius 1 is 1.30 bits per heavy atom. The van der Waals surface area contributed by atoms with Gasteiger partial charge in [-0.15, -0.1) is 0 Å². The summed E-state index contributed by atoms with van der Waals surface area (Å²) in [6, 6.07) is 1.45. The summed E-state index contributed by atoms with van der Waals surface area (Å²) < 4.78 is 0. The molecule has 108 valence electrons. The zero-order chi connectivity index (χ0) is 14.5. The molecular formula is C13H15Cl2N3O2. The number of carbonyl (C=O) groups excluding carboxylic acids is 2. The molecule has 0 aromatic carbocycles. The Morgan fingerprint density at radius 3 is 2.65 bits per heavy atom. The number of nitrogens with one attached hydrogen (secondary N) is 1. The first-order valence-corrected chi connectivity index (χ1v) is 7.20. The van der Waals surface area contributed by atoms with E-state index in [-0.39, 0.29) is 22.0 Å². The number of nitrogens with zero attached hydrogens (tertiary/aromatic N) is 2. The second-order valence-electron chi connectivity index (χ2n) is 4.59. The summed E-state index contributed by atoms with van der Waals surface area (Å²) in [4.78, 5) is 29.2. The van der Waals surface area contributed by atoms with Crippen molar-refractivity contribution in [3.8, 4) is 0 Å². The molecule has 1 aromatic rings. The Kier molecular flexibility index (Phi) is 5.20. The minimum Gasteiger partial charge on any atom is -0.351 e. The number of likely N-dealkylation sites (tertiary alicyclic amines) is 1. The molecular weight excluding hydrogens is 301 g/mol. The van der Waals surface area contributed by atoms with Crippen molar-refractivity contribution in [2.45, 2.75) is 19.3 Å². The lowest BCUT2D eigenvalue weighted by atomic mass is 10.2. The summed E-state index contributed by atoms with van der Waals surface area (Å²) in [5.74, 6) is -0.236. The van der Waals surface area contributed by atoms with Crippen molar-refractivity contribution in [2.24, 2.45) is 0 Å². The van der Waals surface area contributed by atoms with Gasteiger partial charge in [0, 0.05) is 32.3 Å². The monoisotopic (exact) mass is 315 g/mol. The summed E-state index contributed by atoms with van der Waals surface area (Å²) >= 11 is 11.5. The minimum absolute atomic E-state index is 0.0788. The molecule has 0 unspecified atom stereocenters. The second kappa shape index (κ2) is 6.90. The van der Waals surface area contributed by atoms with Gasteiger partial charge in [-0.1, -0.05) is 23.2 Å². The molecule has 2 rings (SSSR count). The van der Waals surface area contributed by atoms with Gasteiger partial charge in [-0.25, -0.2) is 4.98 Å². The molecule has 0 bridgehead atoms. The molecule has 0 saturated carbocycles. The van der Waals surface area contributed by atoms with Crippen LogP contribution in [0.3, 0.4) is 0 Å². The summed E-state index contributed by atoms with van der Waals surface area (Å²) in [6.45, 7) is 1.95. The molecule has 0 atom stereocenters. The smallest absolute Gasteiger partial charge is 0.252 e. The van der Waals surface area contributed by atoms with Crippen LogP contribution in [0.1, 0.15) is 29.6 Å². The molecule has 2 heterocycles. The molecule has 7 heteroatoms. The lowest BCUT2D eigenvalue weighted by Crippen LogP contribution is -2.32. The zero-order valence-corrected chi connectivity index (χ0v) is 12.4. The van der Waals surface area contributed by atoms with Crippen LogP contribution >= 0.6 is 23.2 Å². The predicted octanol–water partition coefficient (Wildman–Crippen LogP) is 2.13. The summed E-state index contributed by atoms with van der Waals surface area (Å²) in [5.41, 5.74) is 0.327. The Labute approximate surface area is 127 Å². The van der Waals surface area contributed by atoms with Crippen LogP contribution < -0.4 is 5.32 Å². The quantitative estimate of drug-likeness (QED) is 0.866. The highest BCUT2D eigenvalue weighted by atomic mass is 35.5. The largest absolute Gasteiger partial charge is 0.351 e. The molecule has 20 heavy (non-hydrogen) atoms. The third-order valence-electron chi connectivity index (χ3n) is 3.14. The first-order chi connectivity index (χ1) is 9.58. The highest BCUT2D eigenvalue weighted by molar-refractivity contribution is 6.41. The number of halogens is 2. The van der Waals surface area contributed by atoms with Gasteiger partial charge in [0.15, 0.2) is 0 Å². The maximum absolute atomic E-state index is 11.8. The average molecular weight is 316 g/mol. The van der Waals surface area contributed by atoms with E-state index in [2.05, 4.69) is 10.3 Å². The Bertz CT molecular complexity index is 516. The average Bonchev–Trinajstić information content (AvgIpc) is 2.95. The minimum atomic E-state index is -0.315. The Balaban J connectivity index is 1.79. The van der Waals surface area contributed by atoms with Gasteiger partial charge in [0.05, 0.1) is 10.6 Å². The van der Waals surface area contributed by atoms with Gasteiger partial charge < -0.3 is 10.2 Å². The van der Waals surface area contributed by atoms with E-state index in [9.17, 15) is 9.59 Å². The number of hydrogen-bond acceptors (Lipinski definition) is 3. The number of aromatic nitrogens is 1. The molecule has 1 fully saturated rings.